The molecule has 3 nitrogen and oxygen atoms in total. The molecule has 0 heterocycles. The molecule has 110 valence electrons. The summed E-state index contributed by atoms with van der Waals surface area (Å²) in [6.07, 6.45) is 0.374. The highest BCUT2D eigenvalue weighted by molar-refractivity contribution is 5.73. The van der Waals surface area contributed by atoms with Gasteiger partial charge in [0.1, 0.15) is 5.75 Å². The van der Waals surface area contributed by atoms with Crippen molar-refractivity contribution in [3.05, 3.63) is 65.2 Å². The van der Waals surface area contributed by atoms with E-state index >= 15 is 0 Å². The predicted molar refractivity (Wildman–Crippen MR) is 82.8 cm³/mol. The van der Waals surface area contributed by atoms with E-state index in [9.17, 15) is 9.90 Å². The number of hydrogen-bond donors (Lipinski definition) is 1. The first-order valence-corrected chi connectivity index (χ1v) is 7.13. The van der Waals surface area contributed by atoms with Gasteiger partial charge in [0.25, 0.3) is 0 Å². The summed E-state index contributed by atoms with van der Waals surface area (Å²) in [5.41, 5.74) is 3.13. The highest BCUT2D eigenvalue weighted by Crippen LogP contribution is 2.20. The van der Waals surface area contributed by atoms with Gasteiger partial charge in [-0.3, -0.25) is 0 Å². The molecule has 0 aliphatic rings. The number of para-hydroxylation sites is 1. The number of carbonyl (C=O) groups is 1. The quantitative estimate of drug-likeness (QED) is 0.881. The molecular weight excluding hydrogens is 264 g/mol. The highest BCUT2D eigenvalue weighted by Gasteiger charge is 2.21. The van der Waals surface area contributed by atoms with Crippen LogP contribution in [0, 0.1) is 6.92 Å². The SMILES string of the molecule is CCc1ccccc1C[C@H](Oc1ccccc1C)C(=O)O. The van der Waals surface area contributed by atoms with E-state index in [1.807, 2.05) is 49.4 Å². The van der Waals surface area contributed by atoms with Gasteiger partial charge < -0.3 is 9.84 Å². The number of carboxylic acid groups (broad SMARTS) is 1. The summed E-state index contributed by atoms with van der Waals surface area (Å²) in [4.78, 5) is 11.5. The largest absolute Gasteiger partial charge is 0.478 e. The first kappa shape index (κ1) is 15.1. The minimum absolute atomic E-state index is 0.369. The van der Waals surface area contributed by atoms with Crippen molar-refractivity contribution in [3.63, 3.8) is 0 Å². The van der Waals surface area contributed by atoms with Crippen molar-refractivity contribution in [2.24, 2.45) is 0 Å². The van der Waals surface area contributed by atoms with Crippen molar-refractivity contribution in [1.82, 2.24) is 0 Å². The molecule has 0 amide bonds. The van der Waals surface area contributed by atoms with E-state index in [1.165, 1.54) is 0 Å². The van der Waals surface area contributed by atoms with Crippen LogP contribution in [0.4, 0.5) is 0 Å². The molecule has 0 bridgehead atoms. The molecule has 3 heteroatoms. The third-order valence-corrected chi connectivity index (χ3v) is 3.54. The Kier molecular flexibility index (Phi) is 4.99. The van der Waals surface area contributed by atoms with Gasteiger partial charge >= 0.3 is 5.97 Å². The molecule has 1 N–H and O–H groups in total. The fraction of sp³-hybridized carbons (Fsp3) is 0.278. The lowest BCUT2D eigenvalue weighted by molar-refractivity contribution is -0.145. The highest BCUT2D eigenvalue weighted by atomic mass is 16.5. The third kappa shape index (κ3) is 3.85. The molecule has 0 saturated carbocycles. The fourth-order valence-corrected chi connectivity index (χ4v) is 2.32. The molecular formula is C18H20O3. The fourth-order valence-electron chi connectivity index (χ4n) is 2.32. The molecule has 2 aromatic rings. The van der Waals surface area contributed by atoms with E-state index in [-0.39, 0.29) is 0 Å². The average Bonchev–Trinajstić information content (AvgIpc) is 2.49. The van der Waals surface area contributed by atoms with E-state index in [0.717, 1.165) is 23.1 Å². The normalized spacial score (nSPS) is 11.9. The van der Waals surface area contributed by atoms with Gasteiger partial charge in [-0.1, -0.05) is 49.4 Å². The topological polar surface area (TPSA) is 46.5 Å². The lowest BCUT2D eigenvalue weighted by Gasteiger charge is -2.18. The second-order valence-electron chi connectivity index (χ2n) is 5.04. The van der Waals surface area contributed by atoms with Crippen molar-refractivity contribution in [2.75, 3.05) is 0 Å². The maximum absolute atomic E-state index is 11.5. The zero-order valence-electron chi connectivity index (χ0n) is 12.4. The molecule has 0 unspecified atom stereocenters. The van der Waals surface area contributed by atoms with Crippen molar-refractivity contribution >= 4 is 5.97 Å². The Morgan fingerprint density at radius 3 is 2.33 bits per heavy atom. The van der Waals surface area contributed by atoms with Crippen LogP contribution < -0.4 is 4.74 Å². The Bertz CT molecular complexity index is 619. The van der Waals surface area contributed by atoms with Crippen molar-refractivity contribution in [1.29, 1.82) is 0 Å². The van der Waals surface area contributed by atoms with E-state index < -0.39 is 12.1 Å². The van der Waals surface area contributed by atoms with Crippen LogP contribution >= 0.6 is 0 Å². The van der Waals surface area contributed by atoms with E-state index in [4.69, 9.17) is 4.74 Å². The summed E-state index contributed by atoms with van der Waals surface area (Å²) in [6, 6.07) is 15.4. The first-order chi connectivity index (χ1) is 10.1. The third-order valence-electron chi connectivity index (χ3n) is 3.54. The van der Waals surface area contributed by atoms with Gasteiger partial charge in [0.05, 0.1) is 0 Å². The van der Waals surface area contributed by atoms with Crippen LogP contribution in [0.5, 0.6) is 5.75 Å². The number of aliphatic carboxylic acids is 1. The molecule has 21 heavy (non-hydrogen) atoms. The molecule has 0 aliphatic heterocycles. The van der Waals surface area contributed by atoms with Crippen molar-refractivity contribution in [3.8, 4) is 5.75 Å². The van der Waals surface area contributed by atoms with Crippen LogP contribution in [0.1, 0.15) is 23.6 Å². The average molecular weight is 284 g/mol. The van der Waals surface area contributed by atoms with Crippen LogP contribution in [0.25, 0.3) is 0 Å². The predicted octanol–water partition coefficient (Wildman–Crippen LogP) is 3.63. The molecule has 0 saturated heterocycles. The van der Waals surface area contributed by atoms with Crippen molar-refractivity contribution < 1.29 is 14.6 Å². The number of aryl methyl sites for hydroxylation is 2. The van der Waals surface area contributed by atoms with Gasteiger partial charge in [0, 0.05) is 6.42 Å². The summed E-state index contributed by atoms with van der Waals surface area (Å²) in [5.74, 6) is -0.317. The Morgan fingerprint density at radius 2 is 1.71 bits per heavy atom. The van der Waals surface area contributed by atoms with E-state index in [1.54, 1.807) is 6.07 Å². The van der Waals surface area contributed by atoms with Gasteiger partial charge in [0.15, 0.2) is 6.10 Å². The number of carboxylic acids is 1. The Morgan fingerprint density at radius 1 is 1.10 bits per heavy atom. The standard InChI is InChI=1S/C18H20O3/c1-3-14-9-5-6-10-15(14)12-17(18(19)20)21-16-11-7-4-8-13(16)2/h4-11,17H,3,12H2,1-2H3,(H,19,20)/t17-/m0/s1. The molecule has 2 aromatic carbocycles. The van der Waals surface area contributed by atoms with Gasteiger partial charge in [-0.25, -0.2) is 4.79 Å². The van der Waals surface area contributed by atoms with Gasteiger partial charge in [-0.05, 0) is 36.1 Å². The maximum Gasteiger partial charge on any atom is 0.345 e. The van der Waals surface area contributed by atoms with Gasteiger partial charge in [-0.15, -0.1) is 0 Å². The number of rotatable bonds is 6. The first-order valence-electron chi connectivity index (χ1n) is 7.13. The minimum atomic E-state index is -0.941. The summed E-state index contributed by atoms with van der Waals surface area (Å²) in [5, 5.41) is 9.43. The van der Waals surface area contributed by atoms with Gasteiger partial charge in [-0.2, -0.15) is 0 Å². The molecule has 0 aliphatic carbocycles. The zero-order valence-corrected chi connectivity index (χ0v) is 12.4. The molecule has 0 radical (unpaired) electrons. The van der Waals surface area contributed by atoms with Gasteiger partial charge in [0.2, 0.25) is 0 Å². The molecule has 0 fully saturated rings. The van der Waals surface area contributed by atoms with Crippen LogP contribution in [-0.4, -0.2) is 17.2 Å². The van der Waals surface area contributed by atoms with Crippen LogP contribution in [0.15, 0.2) is 48.5 Å². The Hall–Kier alpha value is -2.29. The molecule has 0 spiro atoms. The monoisotopic (exact) mass is 284 g/mol. The second kappa shape index (κ2) is 6.93. The molecule has 0 aromatic heterocycles. The number of hydrogen-bond acceptors (Lipinski definition) is 2. The van der Waals surface area contributed by atoms with Crippen LogP contribution in [0.2, 0.25) is 0 Å². The Labute approximate surface area is 125 Å². The summed E-state index contributed by atoms with van der Waals surface area (Å²) < 4.78 is 5.71. The minimum Gasteiger partial charge on any atom is -0.478 e. The molecule has 1 atom stereocenters. The summed E-state index contributed by atoms with van der Waals surface area (Å²) in [7, 11) is 0. The summed E-state index contributed by atoms with van der Waals surface area (Å²) in [6.45, 7) is 3.98. The summed E-state index contributed by atoms with van der Waals surface area (Å²) >= 11 is 0. The van der Waals surface area contributed by atoms with Crippen LogP contribution in [-0.2, 0) is 17.6 Å². The lowest BCUT2D eigenvalue weighted by Crippen LogP contribution is -2.30. The maximum atomic E-state index is 11.5. The Balaban J connectivity index is 2.20. The molecule has 2 rings (SSSR count). The lowest BCUT2D eigenvalue weighted by atomic mass is 10.00. The van der Waals surface area contributed by atoms with E-state index in [2.05, 4.69) is 6.92 Å². The number of ether oxygens (including phenoxy) is 1. The van der Waals surface area contributed by atoms with Crippen molar-refractivity contribution in [2.45, 2.75) is 32.8 Å². The van der Waals surface area contributed by atoms with E-state index in [0.29, 0.717) is 12.2 Å². The zero-order chi connectivity index (χ0) is 15.2. The smallest absolute Gasteiger partial charge is 0.345 e. The van der Waals surface area contributed by atoms with Crippen LogP contribution in [0.3, 0.4) is 0 Å². The number of benzene rings is 2. The second-order valence-corrected chi connectivity index (χ2v) is 5.04.